The van der Waals surface area contributed by atoms with Crippen LogP contribution in [0.4, 0.5) is 5.69 Å². The molecule has 2 aliphatic heterocycles. The lowest BCUT2D eigenvalue weighted by molar-refractivity contribution is 0.0252. The molecule has 0 radical (unpaired) electrons. The Morgan fingerprint density at radius 3 is 2.61 bits per heavy atom. The van der Waals surface area contributed by atoms with Crippen molar-refractivity contribution in [1.29, 1.82) is 0 Å². The number of aryl methyl sites for hydroxylation is 1. The van der Waals surface area contributed by atoms with E-state index in [0.717, 1.165) is 22.4 Å². The first-order valence-electron chi connectivity index (χ1n) is 10.5. The lowest BCUT2D eigenvalue weighted by atomic mass is 9.93. The van der Waals surface area contributed by atoms with E-state index in [9.17, 15) is 9.59 Å². The predicted octanol–water partition coefficient (Wildman–Crippen LogP) is 4.88. The van der Waals surface area contributed by atoms with Crippen molar-refractivity contribution < 1.29 is 19.1 Å². The molecule has 5 heteroatoms. The van der Waals surface area contributed by atoms with E-state index in [2.05, 4.69) is 0 Å². The average Bonchev–Trinajstić information content (AvgIpc) is 2.78. The molecule has 2 unspecified atom stereocenters. The van der Waals surface area contributed by atoms with Gasteiger partial charge in [-0.2, -0.15) is 0 Å². The number of benzene rings is 3. The first-order chi connectivity index (χ1) is 15.0. The summed E-state index contributed by atoms with van der Waals surface area (Å²) in [6, 6.07) is 20.8. The van der Waals surface area contributed by atoms with E-state index in [4.69, 9.17) is 9.47 Å². The second-order valence-electron chi connectivity index (χ2n) is 8.20. The van der Waals surface area contributed by atoms with Crippen LogP contribution in [0.1, 0.15) is 50.4 Å². The van der Waals surface area contributed by atoms with Gasteiger partial charge in [0.1, 0.15) is 18.0 Å². The van der Waals surface area contributed by atoms with Crippen LogP contribution >= 0.6 is 0 Å². The van der Waals surface area contributed by atoms with Gasteiger partial charge in [0.05, 0.1) is 17.8 Å². The third-order valence-electron chi connectivity index (χ3n) is 5.82. The number of carbonyl (C=O) groups excluding carboxylic acids is 2. The number of esters is 1. The van der Waals surface area contributed by atoms with Crippen molar-refractivity contribution in [2.45, 2.75) is 32.5 Å². The van der Waals surface area contributed by atoms with Gasteiger partial charge in [-0.15, -0.1) is 0 Å². The Morgan fingerprint density at radius 2 is 1.81 bits per heavy atom. The Balaban J connectivity index is 1.48. The van der Waals surface area contributed by atoms with Crippen molar-refractivity contribution in [2.75, 3.05) is 11.4 Å². The van der Waals surface area contributed by atoms with E-state index >= 15 is 0 Å². The van der Waals surface area contributed by atoms with Gasteiger partial charge in [0.2, 0.25) is 0 Å². The summed E-state index contributed by atoms with van der Waals surface area (Å²) in [7, 11) is 0. The lowest BCUT2D eigenvalue weighted by Gasteiger charge is -2.34. The van der Waals surface area contributed by atoms with Crippen LogP contribution in [0.15, 0.2) is 66.7 Å². The van der Waals surface area contributed by atoms with Gasteiger partial charge < -0.3 is 14.4 Å². The van der Waals surface area contributed by atoms with Crippen molar-refractivity contribution in [3.63, 3.8) is 0 Å². The number of nitrogens with zero attached hydrogens (tertiary/aromatic N) is 1. The summed E-state index contributed by atoms with van der Waals surface area (Å²) in [5.41, 5.74) is 4.71. The van der Waals surface area contributed by atoms with Crippen LogP contribution in [0.25, 0.3) is 0 Å². The van der Waals surface area contributed by atoms with Gasteiger partial charge in [-0.1, -0.05) is 36.4 Å². The Labute approximate surface area is 181 Å². The summed E-state index contributed by atoms with van der Waals surface area (Å²) in [5.74, 6) is 0.262. The number of fused-ring (bicyclic) bond motifs is 2. The van der Waals surface area contributed by atoms with Crippen molar-refractivity contribution in [3.05, 3.63) is 94.5 Å². The van der Waals surface area contributed by atoms with Crippen LogP contribution in [0.5, 0.6) is 5.75 Å². The first kappa shape index (κ1) is 19.4. The zero-order valence-electron chi connectivity index (χ0n) is 17.5. The molecule has 156 valence electrons. The fourth-order valence-corrected chi connectivity index (χ4v) is 4.28. The van der Waals surface area contributed by atoms with Crippen LogP contribution in [0.3, 0.4) is 0 Å². The minimum Gasteiger partial charge on any atom is -0.487 e. The summed E-state index contributed by atoms with van der Waals surface area (Å²) in [4.78, 5) is 27.8. The molecule has 0 aromatic heterocycles. The summed E-state index contributed by atoms with van der Waals surface area (Å²) >= 11 is 0. The molecule has 2 heterocycles. The first-order valence-corrected chi connectivity index (χ1v) is 10.5. The van der Waals surface area contributed by atoms with Gasteiger partial charge >= 0.3 is 5.97 Å². The minimum absolute atomic E-state index is 0.0972. The summed E-state index contributed by atoms with van der Waals surface area (Å²) in [5, 5.41) is 0. The number of amides is 1. The van der Waals surface area contributed by atoms with Crippen molar-refractivity contribution in [1.82, 2.24) is 0 Å². The number of hydrogen-bond donors (Lipinski definition) is 0. The third-order valence-corrected chi connectivity index (χ3v) is 5.82. The monoisotopic (exact) mass is 413 g/mol. The standard InChI is InChI=1S/C26H23NO4/c1-16-8-11-23-22(12-16)27(15-17(2)30-23)25(28)19-9-10-21-20(13-19)14-24(31-26(21)29)18-6-4-3-5-7-18/h3-13,17,24H,14-15H2,1-2H3. The van der Waals surface area contributed by atoms with Gasteiger partial charge in [0.15, 0.2) is 0 Å². The van der Waals surface area contributed by atoms with Gasteiger partial charge in [-0.25, -0.2) is 4.79 Å². The molecule has 1 amide bonds. The van der Waals surface area contributed by atoms with Crippen LogP contribution in [-0.4, -0.2) is 24.5 Å². The summed E-state index contributed by atoms with van der Waals surface area (Å²) in [6.07, 6.45) is 0.0917. The second-order valence-corrected chi connectivity index (χ2v) is 8.20. The molecule has 3 aromatic rings. The molecule has 0 aliphatic carbocycles. The highest BCUT2D eigenvalue weighted by Crippen LogP contribution is 2.36. The van der Waals surface area contributed by atoms with Gasteiger partial charge in [-0.05, 0) is 60.9 Å². The molecular formula is C26H23NO4. The number of ether oxygens (including phenoxy) is 2. The maximum absolute atomic E-state index is 13.5. The van der Waals surface area contributed by atoms with Crippen LogP contribution in [0, 0.1) is 6.92 Å². The molecule has 0 spiro atoms. The molecule has 0 saturated carbocycles. The van der Waals surface area contributed by atoms with Crippen LogP contribution in [-0.2, 0) is 11.2 Å². The highest BCUT2D eigenvalue weighted by atomic mass is 16.5. The molecule has 0 N–H and O–H groups in total. The van der Waals surface area contributed by atoms with Crippen molar-refractivity contribution in [3.8, 4) is 5.75 Å². The maximum atomic E-state index is 13.5. The van der Waals surface area contributed by atoms with Gasteiger partial charge in [0, 0.05) is 12.0 Å². The molecule has 0 fully saturated rings. The molecule has 5 nitrogen and oxygen atoms in total. The highest BCUT2D eigenvalue weighted by molar-refractivity contribution is 6.08. The predicted molar refractivity (Wildman–Crippen MR) is 118 cm³/mol. The van der Waals surface area contributed by atoms with E-state index in [0.29, 0.717) is 29.8 Å². The largest absolute Gasteiger partial charge is 0.487 e. The van der Waals surface area contributed by atoms with E-state index in [1.54, 1.807) is 17.0 Å². The molecule has 2 aliphatic rings. The fraction of sp³-hybridized carbons (Fsp3) is 0.231. The number of carbonyl (C=O) groups is 2. The van der Waals surface area contributed by atoms with Crippen molar-refractivity contribution >= 4 is 17.6 Å². The summed E-state index contributed by atoms with van der Waals surface area (Å²) < 4.78 is 11.6. The molecule has 2 atom stereocenters. The number of anilines is 1. The molecule has 0 saturated heterocycles. The number of hydrogen-bond acceptors (Lipinski definition) is 4. The van der Waals surface area contributed by atoms with E-state index in [1.165, 1.54) is 0 Å². The zero-order valence-corrected chi connectivity index (χ0v) is 17.5. The third kappa shape index (κ3) is 3.56. The summed E-state index contributed by atoms with van der Waals surface area (Å²) in [6.45, 7) is 4.42. The molecule has 5 rings (SSSR count). The van der Waals surface area contributed by atoms with Crippen LogP contribution in [0.2, 0.25) is 0 Å². The van der Waals surface area contributed by atoms with E-state index < -0.39 is 0 Å². The molecular weight excluding hydrogens is 390 g/mol. The number of rotatable bonds is 2. The van der Waals surface area contributed by atoms with E-state index in [1.807, 2.05) is 68.4 Å². The quantitative estimate of drug-likeness (QED) is 0.562. The zero-order chi connectivity index (χ0) is 21.5. The average molecular weight is 413 g/mol. The lowest BCUT2D eigenvalue weighted by Crippen LogP contribution is -2.42. The second kappa shape index (κ2) is 7.58. The minimum atomic E-state index is -0.352. The smallest absolute Gasteiger partial charge is 0.339 e. The van der Waals surface area contributed by atoms with Gasteiger partial charge in [0.25, 0.3) is 5.91 Å². The Bertz CT molecular complexity index is 1170. The number of cyclic esters (lactones) is 1. The SMILES string of the molecule is Cc1ccc2c(c1)N(C(=O)c1ccc3c(c1)CC(c1ccccc1)OC3=O)CC(C)O2. The topological polar surface area (TPSA) is 55.8 Å². The molecule has 31 heavy (non-hydrogen) atoms. The Hall–Kier alpha value is -3.60. The van der Waals surface area contributed by atoms with Gasteiger partial charge in [-0.3, -0.25) is 4.79 Å². The van der Waals surface area contributed by atoms with E-state index in [-0.39, 0.29) is 24.1 Å². The maximum Gasteiger partial charge on any atom is 0.339 e. The highest BCUT2D eigenvalue weighted by Gasteiger charge is 2.31. The molecule has 3 aromatic carbocycles. The Kier molecular flexibility index (Phi) is 4.74. The van der Waals surface area contributed by atoms with Crippen molar-refractivity contribution in [2.24, 2.45) is 0 Å². The Morgan fingerprint density at radius 1 is 1.00 bits per heavy atom. The fourth-order valence-electron chi connectivity index (χ4n) is 4.28. The molecule has 0 bridgehead atoms. The normalized spacial score (nSPS) is 19.7. The van der Waals surface area contributed by atoms with Crippen LogP contribution < -0.4 is 9.64 Å².